The molecule has 0 bridgehead atoms. The van der Waals surface area contributed by atoms with Gasteiger partial charge in [0.05, 0.1) is 12.7 Å². The zero-order valence-corrected chi connectivity index (χ0v) is 10.6. The van der Waals surface area contributed by atoms with Crippen LogP contribution in [0.1, 0.15) is 11.1 Å². The Kier molecular flexibility index (Phi) is 3.51. The number of aryl methyl sites for hydroxylation is 1. The zero-order valence-electron chi connectivity index (χ0n) is 10.6. The topological polar surface area (TPSA) is 9.23 Å². The number of rotatable bonds is 2. The predicted octanol–water partition coefficient (Wildman–Crippen LogP) is 4.69. The molecule has 0 unspecified atom stereocenters. The molecule has 2 aromatic rings. The molecule has 0 saturated carbocycles. The average Bonchev–Trinajstić information content (AvgIpc) is 2.37. The number of alkyl halides is 3. The van der Waals surface area contributed by atoms with Gasteiger partial charge in [-0.3, -0.25) is 0 Å². The van der Waals surface area contributed by atoms with Crippen molar-refractivity contribution in [1.29, 1.82) is 0 Å². The van der Waals surface area contributed by atoms with E-state index < -0.39 is 11.7 Å². The van der Waals surface area contributed by atoms with Crippen LogP contribution in [-0.4, -0.2) is 7.11 Å². The second-order valence-corrected chi connectivity index (χ2v) is 4.28. The third-order valence-corrected chi connectivity index (χ3v) is 2.86. The van der Waals surface area contributed by atoms with Gasteiger partial charge in [0.25, 0.3) is 0 Å². The van der Waals surface area contributed by atoms with E-state index >= 15 is 0 Å². The Labute approximate surface area is 109 Å². The average molecular weight is 266 g/mol. The van der Waals surface area contributed by atoms with E-state index in [4.69, 9.17) is 4.74 Å². The first-order valence-corrected chi connectivity index (χ1v) is 5.74. The normalized spacial score (nSPS) is 11.4. The van der Waals surface area contributed by atoms with Crippen LogP contribution in [0.5, 0.6) is 5.75 Å². The minimum atomic E-state index is -4.36. The maximum atomic E-state index is 12.8. The molecule has 0 atom stereocenters. The lowest BCUT2D eigenvalue weighted by Gasteiger charge is -2.13. The van der Waals surface area contributed by atoms with Crippen molar-refractivity contribution in [3.05, 3.63) is 53.6 Å². The summed E-state index contributed by atoms with van der Waals surface area (Å²) in [5, 5.41) is 0. The van der Waals surface area contributed by atoms with Gasteiger partial charge in [-0.1, -0.05) is 29.8 Å². The first-order valence-electron chi connectivity index (χ1n) is 5.74. The van der Waals surface area contributed by atoms with Crippen molar-refractivity contribution in [1.82, 2.24) is 0 Å². The molecule has 4 heteroatoms. The third-order valence-electron chi connectivity index (χ3n) is 2.86. The van der Waals surface area contributed by atoms with Gasteiger partial charge in [0.1, 0.15) is 5.75 Å². The van der Waals surface area contributed by atoms with Gasteiger partial charge in [-0.05, 0) is 30.7 Å². The largest absolute Gasteiger partial charge is 0.496 e. The fourth-order valence-corrected chi connectivity index (χ4v) is 1.92. The molecule has 0 aromatic heterocycles. The van der Waals surface area contributed by atoms with Crippen molar-refractivity contribution in [2.75, 3.05) is 7.11 Å². The van der Waals surface area contributed by atoms with Crippen LogP contribution in [-0.2, 0) is 6.18 Å². The number of benzene rings is 2. The van der Waals surface area contributed by atoms with Gasteiger partial charge >= 0.3 is 6.18 Å². The van der Waals surface area contributed by atoms with Crippen LogP contribution in [0.25, 0.3) is 11.1 Å². The maximum absolute atomic E-state index is 12.8. The van der Waals surface area contributed by atoms with Crippen LogP contribution >= 0.6 is 0 Å². The molecule has 2 aromatic carbocycles. The molecule has 100 valence electrons. The van der Waals surface area contributed by atoms with Gasteiger partial charge < -0.3 is 4.74 Å². The minimum absolute atomic E-state index is 0.429. The third kappa shape index (κ3) is 2.89. The van der Waals surface area contributed by atoms with Gasteiger partial charge in [0.15, 0.2) is 0 Å². The summed E-state index contributed by atoms with van der Waals surface area (Å²) in [6.07, 6.45) is -4.36. The van der Waals surface area contributed by atoms with Crippen molar-refractivity contribution in [2.45, 2.75) is 13.1 Å². The summed E-state index contributed by atoms with van der Waals surface area (Å²) in [5.41, 5.74) is 1.46. The van der Waals surface area contributed by atoms with Crippen LogP contribution in [0, 0.1) is 6.92 Å². The Morgan fingerprint density at radius 1 is 1.00 bits per heavy atom. The van der Waals surface area contributed by atoms with Crippen LogP contribution < -0.4 is 4.74 Å². The molecule has 0 spiro atoms. The Bertz CT molecular complexity index is 588. The highest BCUT2D eigenvalue weighted by atomic mass is 19.4. The molecule has 1 nitrogen and oxygen atoms in total. The van der Waals surface area contributed by atoms with Gasteiger partial charge in [0, 0.05) is 5.56 Å². The highest BCUT2D eigenvalue weighted by molar-refractivity contribution is 5.71. The van der Waals surface area contributed by atoms with Crippen LogP contribution in [0.2, 0.25) is 0 Å². The van der Waals surface area contributed by atoms with Gasteiger partial charge in [-0.25, -0.2) is 0 Å². The number of hydrogen-bond acceptors (Lipinski definition) is 1. The van der Waals surface area contributed by atoms with Crippen molar-refractivity contribution in [3.8, 4) is 16.9 Å². The number of ether oxygens (including phenoxy) is 1. The molecular weight excluding hydrogens is 253 g/mol. The van der Waals surface area contributed by atoms with E-state index in [9.17, 15) is 13.2 Å². The lowest BCUT2D eigenvalue weighted by molar-refractivity contribution is -0.137. The van der Waals surface area contributed by atoms with Gasteiger partial charge in [-0.2, -0.15) is 13.2 Å². The summed E-state index contributed by atoms with van der Waals surface area (Å²) in [6, 6.07) is 10.8. The summed E-state index contributed by atoms with van der Waals surface area (Å²) in [5.74, 6) is 0.429. The molecule has 0 heterocycles. The Hall–Kier alpha value is -1.97. The quantitative estimate of drug-likeness (QED) is 0.766. The predicted molar refractivity (Wildman–Crippen MR) is 68.2 cm³/mol. The second-order valence-electron chi connectivity index (χ2n) is 4.28. The lowest BCUT2D eigenvalue weighted by atomic mass is 10.00. The summed E-state index contributed by atoms with van der Waals surface area (Å²) >= 11 is 0. The number of methoxy groups -OCH3 is 1. The second kappa shape index (κ2) is 4.96. The molecule has 0 fully saturated rings. The molecule has 0 N–H and O–H groups in total. The molecule has 2 rings (SSSR count). The van der Waals surface area contributed by atoms with E-state index in [2.05, 4.69) is 0 Å². The van der Waals surface area contributed by atoms with Crippen molar-refractivity contribution in [2.24, 2.45) is 0 Å². The first kappa shape index (κ1) is 13.5. The van der Waals surface area contributed by atoms with Gasteiger partial charge in [-0.15, -0.1) is 0 Å². The molecule has 0 radical (unpaired) electrons. The maximum Gasteiger partial charge on any atom is 0.416 e. The standard InChI is InChI=1S/C15H13F3O/c1-10-4-3-5-11(8-10)13-9-12(15(16,17)18)6-7-14(13)19-2/h3-9H,1-2H3. The number of hydrogen-bond donors (Lipinski definition) is 0. The van der Waals surface area contributed by atoms with E-state index in [-0.39, 0.29) is 0 Å². The molecule has 0 aliphatic rings. The molecule has 19 heavy (non-hydrogen) atoms. The Balaban J connectivity index is 2.60. The van der Waals surface area contributed by atoms with Gasteiger partial charge in [0.2, 0.25) is 0 Å². The molecule has 0 saturated heterocycles. The summed E-state index contributed by atoms with van der Waals surface area (Å²) in [6.45, 7) is 1.89. The van der Waals surface area contributed by atoms with E-state index in [1.807, 2.05) is 25.1 Å². The summed E-state index contributed by atoms with van der Waals surface area (Å²) in [4.78, 5) is 0. The molecule has 0 aliphatic heterocycles. The molecular formula is C15H13F3O. The van der Waals surface area contributed by atoms with E-state index in [1.54, 1.807) is 6.07 Å². The SMILES string of the molecule is COc1ccc(C(F)(F)F)cc1-c1cccc(C)c1. The summed E-state index contributed by atoms with van der Waals surface area (Å²) < 4.78 is 43.4. The fraction of sp³-hybridized carbons (Fsp3) is 0.200. The molecule has 0 aliphatic carbocycles. The van der Waals surface area contributed by atoms with Crippen molar-refractivity contribution in [3.63, 3.8) is 0 Å². The van der Waals surface area contributed by atoms with Crippen LogP contribution in [0.4, 0.5) is 13.2 Å². The van der Waals surface area contributed by atoms with E-state index in [0.29, 0.717) is 16.9 Å². The highest BCUT2D eigenvalue weighted by Gasteiger charge is 2.31. The zero-order chi connectivity index (χ0) is 14.0. The minimum Gasteiger partial charge on any atom is -0.496 e. The monoisotopic (exact) mass is 266 g/mol. The lowest BCUT2D eigenvalue weighted by Crippen LogP contribution is -2.05. The Morgan fingerprint density at radius 3 is 2.32 bits per heavy atom. The number of halogens is 3. The first-order chi connectivity index (χ1) is 8.91. The van der Waals surface area contributed by atoms with Crippen molar-refractivity contribution < 1.29 is 17.9 Å². The highest BCUT2D eigenvalue weighted by Crippen LogP contribution is 2.37. The van der Waals surface area contributed by atoms with Crippen molar-refractivity contribution >= 4 is 0 Å². The molecule has 0 amide bonds. The van der Waals surface area contributed by atoms with E-state index in [1.165, 1.54) is 13.2 Å². The summed E-state index contributed by atoms with van der Waals surface area (Å²) in [7, 11) is 1.45. The smallest absolute Gasteiger partial charge is 0.416 e. The van der Waals surface area contributed by atoms with Crippen LogP contribution in [0.15, 0.2) is 42.5 Å². The fourth-order valence-electron chi connectivity index (χ4n) is 1.92. The Morgan fingerprint density at radius 2 is 1.74 bits per heavy atom. The van der Waals surface area contributed by atoms with Crippen LogP contribution in [0.3, 0.4) is 0 Å². The van der Waals surface area contributed by atoms with E-state index in [0.717, 1.165) is 17.7 Å².